The van der Waals surface area contributed by atoms with Crippen LogP contribution in [0, 0.1) is 23.2 Å². The maximum atomic E-state index is 10.9. The van der Waals surface area contributed by atoms with Gasteiger partial charge in [-0.1, -0.05) is 6.92 Å². The molecule has 2 unspecified atom stereocenters. The second-order valence-electron chi connectivity index (χ2n) is 2.51. The highest BCUT2D eigenvalue weighted by Gasteiger charge is 2.24. The number of carbonyl (C=O) groups excluding carboxylic acids is 2. The highest BCUT2D eigenvalue weighted by molar-refractivity contribution is 5.75. The van der Waals surface area contributed by atoms with Crippen molar-refractivity contribution in [3.05, 3.63) is 0 Å². The SMILES string of the molecule is COC(=O)C(C#N)C(C)CC=O. The number of methoxy groups -OCH3 is 1. The number of carbonyl (C=O) groups is 2. The van der Waals surface area contributed by atoms with E-state index >= 15 is 0 Å². The van der Waals surface area contributed by atoms with Crippen LogP contribution in [0.15, 0.2) is 0 Å². The molecule has 12 heavy (non-hydrogen) atoms. The Labute approximate surface area is 71.1 Å². The number of aldehydes is 1. The van der Waals surface area contributed by atoms with Gasteiger partial charge in [-0.25, -0.2) is 0 Å². The van der Waals surface area contributed by atoms with Crippen molar-refractivity contribution in [3.8, 4) is 6.07 Å². The molecule has 0 fully saturated rings. The van der Waals surface area contributed by atoms with E-state index in [0.29, 0.717) is 6.29 Å². The molecule has 0 aliphatic carbocycles. The Bertz CT molecular complexity index is 207. The van der Waals surface area contributed by atoms with Crippen molar-refractivity contribution in [1.29, 1.82) is 5.26 Å². The first-order valence-corrected chi connectivity index (χ1v) is 3.58. The monoisotopic (exact) mass is 169 g/mol. The smallest absolute Gasteiger partial charge is 0.323 e. The molecule has 0 saturated heterocycles. The largest absolute Gasteiger partial charge is 0.468 e. The van der Waals surface area contributed by atoms with Crippen LogP contribution in [-0.4, -0.2) is 19.4 Å². The minimum Gasteiger partial charge on any atom is -0.468 e. The van der Waals surface area contributed by atoms with E-state index in [2.05, 4.69) is 4.74 Å². The van der Waals surface area contributed by atoms with Gasteiger partial charge >= 0.3 is 5.97 Å². The van der Waals surface area contributed by atoms with Crippen molar-refractivity contribution >= 4 is 12.3 Å². The predicted molar refractivity (Wildman–Crippen MR) is 41.0 cm³/mol. The number of rotatable bonds is 4. The van der Waals surface area contributed by atoms with Gasteiger partial charge in [-0.2, -0.15) is 5.26 Å². The topological polar surface area (TPSA) is 67.2 Å². The molecule has 0 bridgehead atoms. The van der Waals surface area contributed by atoms with Gasteiger partial charge in [0.25, 0.3) is 0 Å². The highest BCUT2D eigenvalue weighted by Crippen LogP contribution is 2.14. The molecule has 4 nitrogen and oxygen atoms in total. The molecule has 0 saturated carbocycles. The van der Waals surface area contributed by atoms with Gasteiger partial charge in [-0.3, -0.25) is 4.79 Å². The summed E-state index contributed by atoms with van der Waals surface area (Å²) in [6.07, 6.45) is 0.894. The number of hydrogen-bond acceptors (Lipinski definition) is 4. The van der Waals surface area contributed by atoms with Crippen molar-refractivity contribution in [2.24, 2.45) is 11.8 Å². The normalized spacial score (nSPS) is 14.1. The van der Waals surface area contributed by atoms with Gasteiger partial charge in [0.2, 0.25) is 0 Å². The second-order valence-corrected chi connectivity index (χ2v) is 2.51. The van der Waals surface area contributed by atoms with E-state index in [4.69, 9.17) is 5.26 Å². The molecule has 0 aliphatic rings. The van der Waals surface area contributed by atoms with Gasteiger partial charge in [-0.05, 0) is 5.92 Å². The molecule has 0 amide bonds. The van der Waals surface area contributed by atoms with Crippen molar-refractivity contribution in [3.63, 3.8) is 0 Å². The molecule has 0 aromatic carbocycles. The first kappa shape index (κ1) is 10.6. The molecule has 66 valence electrons. The third kappa shape index (κ3) is 2.70. The van der Waals surface area contributed by atoms with Gasteiger partial charge in [0.05, 0.1) is 13.2 Å². The standard InChI is InChI=1S/C8H11NO3/c1-6(3-4-10)7(5-9)8(11)12-2/h4,6-7H,3H2,1-2H3. The fourth-order valence-electron chi connectivity index (χ4n) is 0.827. The summed E-state index contributed by atoms with van der Waals surface area (Å²) < 4.78 is 4.39. The summed E-state index contributed by atoms with van der Waals surface area (Å²) in [4.78, 5) is 21.0. The quantitative estimate of drug-likeness (QED) is 0.454. The van der Waals surface area contributed by atoms with Crippen LogP contribution < -0.4 is 0 Å². The third-order valence-electron chi connectivity index (χ3n) is 1.63. The lowest BCUT2D eigenvalue weighted by atomic mass is 9.93. The summed E-state index contributed by atoms with van der Waals surface area (Å²) in [5, 5.41) is 8.56. The Balaban J connectivity index is 4.25. The maximum Gasteiger partial charge on any atom is 0.323 e. The lowest BCUT2D eigenvalue weighted by molar-refractivity contribution is -0.144. The molecule has 0 N–H and O–H groups in total. The van der Waals surface area contributed by atoms with Crippen molar-refractivity contribution < 1.29 is 14.3 Å². The molecule has 0 heterocycles. The third-order valence-corrected chi connectivity index (χ3v) is 1.63. The summed E-state index contributed by atoms with van der Waals surface area (Å²) in [6.45, 7) is 1.67. The van der Waals surface area contributed by atoms with Crippen LogP contribution in [-0.2, 0) is 14.3 Å². The molecule has 4 heteroatoms. The number of esters is 1. The molecular weight excluding hydrogens is 158 g/mol. The van der Waals surface area contributed by atoms with E-state index in [1.165, 1.54) is 7.11 Å². The highest BCUT2D eigenvalue weighted by atomic mass is 16.5. The average Bonchev–Trinajstić information content (AvgIpc) is 2.06. The molecule has 0 aromatic rings. The van der Waals surface area contributed by atoms with Gasteiger partial charge in [0.15, 0.2) is 0 Å². The summed E-state index contributed by atoms with van der Waals surface area (Å²) in [5.41, 5.74) is 0. The van der Waals surface area contributed by atoms with Crippen LogP contribution >= 0.6 is 0 Å². The number of hydrogen-bond donors (Lipinski definition) is 0. The van der Waals surface area contributed by atoms with Gasteiger partial charge in [-0.15, -0.1) is 0 Å². The Morgan fingerprint density at radius 1 is 1.75 bits per heavy atom. The van der Waals surface area contributed by atoms with Crippen LogP contribution in [0.5, 0.6) is 0 Å². The van der Waals surface area contributed by atoms with E-state index in [9.17, 15) is 9.59 Å². The van der Waals surface area contributed by atoms with E-state index in [1.807, 2.05) is 0 Å². The Hall–Kier alpha value is -1.37. The molecule has 0 spiro atoms. The first-order chi connectivity index (χ1) is 5.67. The van der Waals surface area contributed by atoms with E-state index in [1.54, 1.807) is 13.0 Å². The van der Waals surface area contributed by atoms with Crippen LogP contribution in [0.4, 0.5) is 0 Å². The van der Waals surface area contributed by atoms with E-state index in [-0.39, 0.29) is 12.3 Å². The van der Waals surface area contributed by atoms with Crippen LogP contribution in [0.1, 0.15) is 13.3 Å². The van der Waals surface area contributed by atoms with Crippen molar-refractivity contribution in [2.75, 3.05) is 7.11 Å². The lowest BCUT2D eigenvalue weighted by Crippen LogP contribution is -2.21. The molecular formula is C8H11NO3. The molecule has 0 rings (SSSR count). The van der Waals surface area contributed by atoms with Gasteiger partial charge < -0.3 is 9.53 Å². The number of nitrogens with zero attached hydrogens (tertiary/aromatic N) is 1. The van der Waals surface area contributed by atoms with Crippen molar-refractivity contribution in [2.45, 2.75) is 13.3 Å². The molecule has 0 aliphatic heterocycles. The summed E-state index contributed by atoms with van der Waals surface area (Å²) in [5.74, 6) is -1.69. The number of ether oxygens (including phenoxy) is 1. The molecule has 0 aromatic heterocycles. The van der Waals surface area contributed by atoms with Crippen LogP contribution in [0.2, 0.25) is 0 Å². The van der Waals surface area contributed by atoms with E-state index < -0.39 is 11.9 Å². The second kappa shape index (κ2) is 5.30. The summed E-state index contributed by atoms with van der Waals surface area (Å²) >= 11 is 0. The predicted octanol–water partition coefficient (Wildman–Crippen LogP) is 0.524. The average molecular weight is 169 g/mol. The maximum absolute atomic E-state index is 10.9. The minimum absolute atomic E-state index is 0.202. The Morgan fingerprint density at radius 2 is 2.33 bits per heavy atom. The Morgan fingerprint density at radius 3 is 2.67 bits per heavy atom. The zero-order valence-corrected chi connectivity index (χ0v) is 7.11. The van der Waals surface area contributed by atoms with Crippen LogP contribution in [0.3, 0.4) is 0 Å². The van der Waals surface area contributed by atoms with Gasteiger partial charge in [0.1, 0.15) is 12.2 Å². The molecule has 0 radical (unpaired) electrons. The van der Waals surface area contributed by atoms with Crippen LogP contribution in [0.25, 0.3) is 0 Å². The van der Waals surface area contributed by atoms with Gasteiger partial charge in [0, 0.05) is 6.42 Å². The minimum atomic E-state index is -0.833. The summed E-state index contributed by atoms with van der Waals surface area (Å²) in [6, 6.07) is 1.80. The lowest BCUT2D eigenvalue weighted by Gasteiger charge is -2.11. The first-order valence-electron chi connectivity index (χ1n) is 3.58. The fraction of sp³-hybridized carbons (Fsp3) is 0.625. The number of nitriles is 1. The molecule has 2 atom stereocenters. The Kier molecular flexibility index (Phi) is 4.70. The van der Waals surface area contributed by atoms with E-state index in [0.717, 1.165) is 0 Å². The summed E-state index contributed by atoms with van der Waals surface area (Å²) in [7, 11) is 1.22. The fourth-order valence-corrected chi connectivity index (χ4v) is 0.827. The zero-order chi connectivity index (χ0) is 9.56. The zero-order valence-electron chi connectivity index (χ0n) is 7.11. The van der Waals surface area contributed by atoms with Crippen molar-refractivity contribution in [1.82, 2.24) is 0 Å².